The van der Waals surface area contributed by atoms with Crippen LogP contribution in [0, 0.1) is 5.92 Å². The van der Waals surface area contributed by atoms with Gasteiger partial charge in [0.05, 0.1) is 5.69 Å². The zero-order valence-corrected chi connectivity index (χ0v) is 26.7. The lowest BCUT2D eigenvalue weighted by atomic mass is 10.1. The van der Waals surface area contributed by atoms with Crippen molar-refractivity contribution >= 4 is 35.7 Å². The normalized spacial score (nSPS) is 19.8. The van der Waals surface area contributed by atoms with Crippen LogP contribution in [0.4, 0.5) is 4.79 Å². The first-order valence-corrected chi connectivity index (χ1v) is 16.2. The van der Waals surface area contributed by atoms with E-state index in [2.05, 4.69) is 15.7 Å². The number of hydrogen-bond donors (Lipinski definition) is 4. The van der Waals surface area contributed by atoms with Gasteiger partial charge in [0.2, 0.25) is 17.7 Å². The molecule has 1 saturated carbocycles. The Morgan fingerprint density at radius 3 is 2.42 bits per heavy atom. The predicted octanol–water partition coefficient (Wildman–Crippen LogP) is 0.942. The van der Waals surface area contributed by atoms with E-state index in [-0.39, 0.29) is 49.4 Å². The fourth-order valence-corrected chi connectivity index (χ4v) is 5.99. The molecule has 1 aromatic carbocycles. The Labute approximate surface area is 277 Å². The molecule has 3 aliphatic rings. The van der Waals surface area contributed by atoms with Crippen molar-refractivity contribution in [3.05, 3.63) is 42.1 Å². The molecule has 3 fully saturated rings. The summed E-state index contributed by atoms with van der Waals surface area (Å²) in [4.78, 5) is 80.0. The number of piperazine rings is 1. The Morgan fingerprint density at radius 1 is 1.00 bits per heavy atom. The highest BCUT2D eigenvalue weighted by atomic mass is 16.5. The molecule has 2 aliphatic heterocycles. The molecule has 0 radical (unpaired) electrons. The molecule has 16 nitrogen and oxygen atoms in total. The smallest absolute Gasteiger partial charge is 0.407 e. The molecule has 2 saturated heterocycles. The average Bonchev–Trinajstić information content (AvgIpc) is 3.58. The third kappa shape index (κ3) is 8.41. The lowest BCUT2D eigenvalue weighted by Gasteiger charge is -2.40. The van der Waals surface area contributed by atoms with Gasteiger partial charge in [0, 0.05) is 51.3 Å². The van der Waals surface area contributed by atoms with Gasteiger partial charge >= 0.3 is 12.1 Å². The zero-order chi connectivity index (χ0) is 34.4. The highest BCUT2D eigenvalue weighted by Gasteiger charge is 2.36. The van der Waals surface area contributed by atoms with Crippen LogP contribution >= 0.6 is 0 Å². The number of nitrogens with one attached hydrogen (secondary N) is 2. The number of carboxylic acid groups (broad SMARTS) is 2. The molecule has 1 aromatic heterocycles. The summed E-state index contributed by atoms with van der Waals surface area (Å²) in [6.07, 6.45) is 1.74. The molecule has 3 unspecified atom stereocenters. The number of nitrogens with zero attached hydrogens (tertiary/aromatic N) is 5. The number of benzene rings is 1. The number of likely N-dealkylation sites (tertiary alicyclic amines) is 1. The summed E-state index contributed by atoms with van der Waals surface area (Å²) in [7, 11) is 0. The van der Waals surface area contributed by atoms with E-state index >= 15 is 0 Å². The minimum absolute atomic E-state index is 0.0699. The molecule has 3 atom stereocenters. The summed E-state index contributed by atoms with van der Waals surface area (Å²) in [6.45, 7) is 2.54. The van der Waals surface area contributed by atoms with Crippen LogP contribution in [0.2, 0.25) is 0 Å². The largest absolute Gasteiger partial charge is 0.481 e. The van der Waals surface area contributed by atoms with Gasteiger partial charge in [0.1, 0.15) is 12.1 Å². The Kier molecular flexibility index (Phi) is 10.8. The van der Waals surface area contributed by atoms with Gasteiger partial charge in [-0.25, -0.2) is 9.48 Å². The maximum absolute atomic E-state index is 13.5. The summed E-state index contributed by atoms with van der Waals surface area (Å²) in [5.41, 5.74) is 0.387. The minimum atomic E-state index is -1.22. The first-order valence-electron chi connectivity index (χ1n) is 16.2. The number of ether oxygens (including phenoxy) is 1. The van der Waals surface area contributed by atoms with Gasteiger partial charge in [0.15, 0.2) is 12.3 Å². The number of amides is 5. The van der Waals surface area contributed by atoms with E-state index in [0.29, 0.717) is 37.5 Å². The molecule has 0 spiro atoms. The molecule has 16 heteroatoms. The third-order valence-corrected chi connectivity index (χ3v) is 8.82. The zero-order valence-electron chi connectivity index (χ0n) is 26.7. The molecule has 1 aliphatic carbocycles. The van der Waals surface area contributed by atoms with Gasteiger partial charge in [-0.05, 0) is 57.1 Å². The average molecular weight is 668 g/mol. The van der Waals surface area contributed by atoms with Crippen LogP contribution in [0.3, 0.4) is 0 Å². The Hall–Kier alpha value is -5.15. The minimum Gasteiger partial charge on any atom is -0.481 e. The number of para-hydroxylation sites is 1. The van der Waals surface area contributed by atoms with E-state index in [1.165, 1.54) is 25.4 Å². The fourth-order valence-electron chi connectivity index (χ4n) is 5.99. The maximum atomic E-state index is 13.5. The quantitative estimate of drug-likeness (QED) is 0.238. The number of carbonyl (C=O) groups excluding carboxylic acids is 4. The van der Waals surface area contributed by atoms with Crippen molar-refractivity contribution in [2.45, 2.75) is 63.6 Å². The van der Waals surface area contributed by atoms with E-state index in [4.69, 9.17) is 4.74 Å². The second-order valence-corrected chi connectivity index (χ2v) is 12.4. The van der Waals surface area contributed by atoms with Crippen LogP contribution in [-0.2, 0) is 19.2 Å². The topological polar surface area (TPSA) is 204 Å². The van der Waals surface area contributed by atoms with Gasteiger partial charge < -0.3 is 40.3 Å². The van der Waals surface area contributed by atoms with Crippen molar-refractivity contribution in [1.82, 2.24) is 35.1 Å². The van der Waals surface area contributed by atoms with Crippen molar-refractivity contribution in [1.29, 1.82) is 0 Å². The summed E-state index contributed by atoms with van der Waals surface area (Å²) in [5, 5.41) is 28.6. The van der Waals surface area contributed by atoms with Crippen LogP contribution in [-0.4, -0.2) is 128 Å². The predicted molar refractivity (Wildman–Crippen MR) is 168 cm³/mol. The van der Waals surface area contributed by atoms with Crippen molar-refractivity contribution in [3.63, 3.8) is 0 Å². The van der Waals surface area contributed by atoms with E-state index in [1.807, 2.05) is 0 Å². The maximum Gasteiger partial charge on any atom is 0.407 e. The van der Waals surface area contributed by atoms with E-state index in [0.717, 1.165) is 12.8 Å². The van der Waals surface area contributed by atoms with Crippen LogP contribution in [0.25, 0.3) is 5.69 Å². The Morgan fingerprint density at radius 2 is 1.75 bits per heavy atom. The number of aromatic nitrogens is 2. The molecule has 3 heterocycles. The van der Waals surface area contributed by atoms with Gasteiger partial charge in [0.25, 0.3) is 11.8 Å². The molecule has 0 bridgehead atoms. The second kappa shape index (κ2) is 15.2. The Balaban J connectivity index is 1.30. The third-order valence-electron chi connectivity index (χ3n) is 8.82. The van der Waals surface area contributed by atoms with Crippen LogP contribution in [0.5, 0.6) is 5.88 Å². The number of hydrogen-bond acceptors (Lipinski definition) is 8. The number of carboxylic acids is 1. The van der Waals surface area contributed by atoms with E-state index in [1.54, 1.807) is 37.3 Å². The molecule has 4 N–H and O–H groups in total. The van der Waals surface area contributed by atoms with Crippen molar-refractivity contribution in [3.8, 4) is 11.6 Å². The van der Waals surface area contributed by atoms with E-state index in [9.17, 15) is 39.0 Å². The van der Waals surface area contributed by atoms with Gasteiger partial charge in [-0.3, -0.25) is 24.0 Å². The van der Waals surface area contributed by atoms with Gasteiger partial charge in [-0.2, -0.15) is 5.10 Å². The first-order chi connectivity index (χ1) is 23.0. The van der Waals surface area contributed by atoms with Crippen molar-refractivity contribution in [2.24, 2.45) is 5.92 Å². The number of carbonyl (C=O) groups is 6. The van der Waals surface area contributed by atoms with Crippen molar-refractivity contribution in [2.75, 3.05) is 39.3 Å². The number of aliphatic carboxylic acids is 1. The molecule has 5 amide bonds. The lowest BCUT2D eigenvalue weighted by Crippen LogP contribution is -2.59. The fraction of sp³-hybridized carbons (Fsp3) is 0.531. The Bertz CT molecular complexity index is 1530. The highest BCUT2D eigenvalue weighted by Crippen LogP contribution is 2.28. The molecular weight excluding hydrogens is 626 g/mol. The summed E-state index contributed by atoms with van der Waals surface area (Å²) >= 11 is 0. The summed E-state index contributed by atoms with van der Waals surface area (Å²) < 4.78 is 7.24. The molecular formula is C32H41N7O9. The summed E-state index contributed by atoms with van der Waals surface area (Å²) in [6, 6.07) is 7.78. The lowest BCUT2D eigenvalue weighted by molar-refractivity contribution is -0.140. The van der Waals surface area contributed by atoms with Crippen LogP contribution < -0.4 is 15.4 Å². The highest BCUT2D eigenvalue weighted by molar-refractivity contribution is 5.96. The molecule has 5 rings (SSSR count). The van der Waals surface area contributed by atoms with Gasteiger partial charge in [-0.15, -0.1) is 0 Å². The molecule has 48 heavy (non-hydrogen) atoms. The van der Waals surface area contributed by atoms with E-state index < -0.39 is 55.0 Å². The van der Waals surface area contributed by atoms with Gasteiger partial charge in [-0.1, -0.05) is 18.2 Å². The monoisotopic (exact) mass is 667 g/mol. The molecule has 2 aromatic rings. The first kappa shape index (κ1) is 34.2. The van der Waals surface area contributed by atoms with Crippen molar-refractivity contribution < 1.29 is 43.7 Å². The summed E-state index contributed by atoms with van der Waals surface area (Å²) in [5.74, 6) is -2.44. The SMILES string of the molecule is CC1CN(C(=O)O)CCN1C(=O)C(CCC(=O)O)NC(=O)c1cc(OCC(=O)N2CCCC2C(=O)NCC2CC2)n(-c2ccccc2)n1. The van der Waals surface area contributed by atoms with Crippen LogP contribution in [0.1, 0.15) is 55.9 Å². The standard InChI is InChI=1S/C32H41N7O9/c1-20-18-36(32(46)47)14-15-37(20)31(45)23(11-12-28(41)42)34-29(43)24-16-27(39(35-24)22-6-3-2-4-7-22)48-19-26(40)38-13-5-8-25(38)30(44)33-17-21-9-10-21/h2-4,6-7,16,20-21,23,25H,5,8-15,17-19H2,1H3,(H,33,44)(H,34,43)(H,41,42)(H,46,47). The molecule has 258 valence electrons. The second-order valence-electron chi connectivity index (χ2n) is 12.4. The van der Waals surface area contributed by atoms with Crippen LogP contribution in [0.15, 0.2) is 36.4 Å². The number of rotatable bonds is 13.